The molecule has 2 aliphatic carbocycles. The Bertz CT molecular complexity index is 2370. The molecular formula is C63H85IN2O8Si. The lowest BCUT2D eigenvalue weighted by Gasteiger charge is -2.44. The normalized spacial score (nSPS) is 24.0. The van der Waals surface area contributed by atoms with Crippen LogP contribution in [0, 0.1) is 11.8 Å². The van der Waals surface area contributed by atoms with Gasteiger partial charge in [0.1, 0.15) is 0 Å². The van der Waals surface area contributed by atoms with Crippen molar-refractivity contribution in [2.75, 3.05) is 57.0 Å². The number of carboxylic acid groups (broad SMARTS) is 1. The smallest absolute Gasteiger partial charge is 0.303 e. The number of ether oxygens (including phenoxy) is 4. The molecule has 0 radical (unpaired) electrons. The van der Waals surface area contributed by atoms with Crippen LogP contribution in [0.1, 0.15) is 89.7 Å². The zero-order valence-electron chi connectivity index (χ0n) is 45.5. The lowest BCUT2D eigenvalue weighted by atomic mass is 9.93. The molecule has 4 aromatic rings. The molecule has 2 heterocycles. The first-order chi connectivity index (χ1) is 36.3. The van der Waals surface area contributed by atoms with Crippen LogP contribution in [0.5, 0.6) is 0 Å². The average Bonchev–Trinajstić information content (AvgIpc) is 3.94. The number of allylic oxidation sites excluding steroid dienone is 4. The van der Waals surface area contributed by atoms with Crippen molar-refractivity contribution in [2.45, 2.75) is 140 Å². The van der Waals surface area contributed by atoms with Crippen molar-refractivity contribution in [1.29, 1.82) is 0 Å². The molecular weight excluding hydrogens is 1070 g/mol. The number of alkyl halides is 1. The van der Waals surface area contributed by atoms with Crippen LogP contribution < -0.4 is 0 Å². The fraction of sp³-hybridized carbons (Fsp3) is 0.524. The molecule has 4 aromatic carbocycles. The van der Waals surface area contributed by atoms with Gasteiger partial charge < -0.3 is 28.5 Å². The third-order valence-corrected chi connectivity index (χ3v) is 21.2. The zero-order chi connectivity index (χ0) is 53.0. The maximum atomic E-state index is 13.1. The monoisotopic (exact) mass is 1150 g/mol. The van der Waals surface area contributed by atoms with E-state index >= 15 is 0 Å². The highest BCUT2D eigenvalue weighted by atomic mass is 127. The van der Waals surface area contributed by atoms with E-state index in [0.717, 1.165) is 83.5 Å². The summed E-state index contributed by atoms with van der Waals surface area (Å²) in [5, 5.41) is 8.99. The predicted octanol–water partition coefficient (Wildman–Crippen LogP) is 13.2. The van der Waals surface area contributed by atoms with E-state index in [1.807, 2.05) is 30.4 Å². The minimum Gasteiger partial charge on any atom is -0.481 e. The Morgan fingerprint density at radius 2 is 1.11 bits per heavy atom. The first-order valence-electron chi connectivity index (χ1n) is 27.7. The number of carbonyl (C=O) groups is 2. The van der Waals surface area contributed by atoms with Crippen molar-refractivity contribution in [1.82, 2.24) is 9.80 Å². The number of benzene rings is 4. The first-order valence-corrected chi connectivity index (χ1v) is 32.2. The molecule has 0 aromatic heterocycles. The number of carbonyl (C=O) groups excluding carboxylic acids is 1. The van der Waals surface area contributed by atoms with Gasteiger partial charge in [-0.1, -0.05) is 177 Å². The van der Waals surface area contributed by atoms with Gasteiger partial charge in [-0.15, -0.1) is 0 Å². The Kier molecular flexibility index (Phi) is 23.4. The molecule has 0 amide bonds. The minimum atomic E-state index is -1.94. The second-order valence-corrected chi connectivity index (χ2v) is 28.1. The summed E-state index contributed by atoms with van der Waals surface area (Å²) < 4.78 is 32.8. The molecule has 4 fully saturated rings. The maximum absolute atomic E-state index is 13.1. The molecule has 75 heavy (non-hydrogen) atoms. The van der Waals surface area contributed by atoms with Crippen LogP contribution in [0.4, 0.5) is 0 Å². The van der Waals surface area contributed by atoms with Gasteiger partial charge in [0.05, 0.1) is 64.0 Å². The lowest BCUT2D eigenvalue weighted by Crippen LogP contribution is -2.54. The molecule has 406 valence electrons. The Balaban J connectivity index is 0.000000221. The van der Waals surface area contributed by atoms with Gasteiger partial charge in [-0.05, 0) is 90.0 Å². The highest BCUT2D eigenvalue weighted by Crippen LogP contribution is 2.44. The molecule has 7 atom stereocenters. The third-order valence-electron chi connectivity index (χ3n) is 16.1. The highest BCUT2D eigenvalue weighted by molar-refractivity contribution is 14.1. The summed E-state index contributed by atoms with van der Waals surface area (Å²) in [5.74, 6) is 0.0406. The highest BCUT2D eigenvalue weighted by Gasteiger charge is 2.51. The van der Waals surface area contributed by atoms with Crippen molar-refractivity contribution < 1.29 is 38.1 Å². The Morgan fingerprint density at radius 1 is 0.640 bits per heavy atom. The Labute approximate surface area is 463 Å². The maximum Gasteiger partial charge on any atom is 0.303 e. The molecule has 2 saturated carbocycles. The number of halogens is 1. The number of rotatable bonds is 23. The fourth-order valence-corrected chi connectivity index (χ4v) is 12.7. The van der Waals surface area contributed by atoms with Crippen LogP contribution in [-0.2, 0) is 46.2 Å². The van der Waals surface area contributed by atoms with Gasteiger partial charge in [-0.25, -0.2) is 0 Å². The quantitative estimate of drug-likeness (QED) is 0.0334. The van der Waals surface area contributed by atoms with E-state index in [-0.39, 0.29) is 47.5 Å². The van der Waals surface area contributed by atoms with E-state index in [1.165, 1.54) is 32.2 Å². The average molecular weight is 1150 g/mol. The summed E-state index contributed by atoms with van der Waals surface area (Å²) >= 11 is 2.45. The van der Waals surface area contributed by atoms with Crippen LogP contribution in [-0.4, -0.2) is 122 Å². The van der Waals surface area contributed by atoms with E-state index < -0.39 is 14.3 Å². The van der Waals surface area contributed by atoms with Crippen molar-refractivity contribution in [3.63, 3.8) is 0 Å². The standard InChI is InChI=1S/C34H50INO3Si.C29H35NO5/c1-34(2,3)40(4,5)39-32-25-31(38-26-27-16-18-29(19-17-27)28-13-9-8-10-14-28)30(15-11-6-7-12-20-35)33(32)36-21-23-37-24-22-36;31-26-20-27(35-21-22-12-14-24(15-13-22)23-8-4-3-5-9-23)25(10-6-1-2-7-11-28(32)33)29(26)30-16-18-34-19-17-30/h6-10,13-14,16-19,30-33H,11-12,15,20-26H2,1-5H3;1-5,8-9,12-15,25,27,29H,6-7,10-11,16-21H2,(H,32,33)/b7-6+;2-1+. The molecule has 12 heteroatoms. The molecule has 1 N–H and O–H groups in total. The summed E-state index contributed by atoms with van der Waals surface area (Å²) in [4.78, 5) is 28.7. The minimum absolute atomic E-state index is 0.114. The van der Waals surface area contributed by atoms with Gasteiger partial charge >= 0.3 is 5.97 Å². The van der Waals surface area contributed by atoms with Gasteiger partial charge in [0.15, 0.2) is 14.1 Å². The largest absolute Gasteiger partial charge is 0.481 e. The Hall–Kier alpha value is -3.83. The summed E-state index contributed by atoms with van der Waals surface area (Å²) in [6, 6.07) is 38.4. The van der Waals surface area contributed by atoms with Crippen LogP contribution in [0.25, 0.3) is 22.3 Å². The number of carboxylic acids is 1. The summed E-state index contributed by atoms with van der Waals surface area (Å²) in [5.41, 5.74) is 7.19. The topological polar surface area (TPSA) is 107 Å². The van der Waals surface area contributed by atoms with Crippen molar-refractivity contribution in [2.24, 2.45) is 11.8 Å². The van der Waals surface area contributed by atoms with E-state index in [4.69, 9.17) is 28.5 Å². The Morgan fingerprint density at radius 3 is 1.61 bits per heavy atom. The van der Waals surface area contributed by atoms with Crippen LogP contribution >= 0.6 is 22.6 Å². The van der Waals surface area contributed by atoms with E-state index in [9.17, 15) is 9.59 Å². The molecule has 10 nitrogen and oxygen atoms in total. The van der Waals surface area contributed by atoms with Crippen molar-refractivity contribution in [3.05, 3.63) is 145 Å². The van der Waals surface area contributed by atoms with Crippen LogP contribution in [0.15, 0.2) is 133 Å². The second-order valence-electron chi connectivity index (χ2n) is 22.2. The molecule has 7 unspecified atom stereocenters. The van der Waals surface area contributed by atoms with Gasteiger partial charge in [0.2, 0.25) is 0 Å². The number of hydrogen-bond donors (Lipinski definition) is 1. The molecule has 8 rings (SSSR count). The van der Waals surface area contributed by atoms with Gasteiger partial charge in [0, 0.05) is 67.7 Å². The van der Waals surface area contributed by atoms with E-state index in [1.54, 1.807) is 0 Å². The van der Waals surface area contributed by atoms with Gasteiger partial charge in [0.25, 0.3) is 0 Å². The molecule has 0 spiro atoms. The molecule has 2 saturated heterocycles. The van der Waals surface area contributed by atoms with Crippen LogP contribution in [0.2, 0.25) is 18.1 Å². The van der Waals surface area contributed by atoms with Crippen LogP contribution in [0.3, 0.4) is 0 Å². The summed E-state index contributed by atoms with van der Waals surface area (Å²) in [6.07, 6.45) is 16.1. The third kappa shape index (κ3) is 17.6. The molecule has 2 aliphatic heterocycles. The lowest BCUT2D eigenvalue weighted by molar-refractivity contribution is -0.137. The number of ketones is 1. The van der Waals surface area contributed by atoms with Crippen molar-refractivity contribution >= 4 is 42.7 Å². The second kappa shape index (κ2) is 29.8. The number of morpholine rings is 2. The summed E-state index contributed by atoms with van der Waals surface area (Å²) in [7, 11) is -1.94. The SMILES string of the molecule is CC(C)(C)[Si](C)(C)OC1CC(OCc2ccc(-c3ccccc3)cc2)C(CC/C=C/CCI)C1N1CCOCC1.O=C(O)CC/C=C/CCC1C(OCc2ccc(-c3ccccc3)cc2)CC(=O)C1N1CCOCC1. The number of hydrogen-bond acceptors (Lipinski definition) is 9. The van der Waals surface area contributed by atoms with Gasteiger partial charge in [-0.2, -0.15) is 0 Å². The van der Waals surface area contributed by atoms with E-state index in [0.29, 0.717) is 51.2 Å². The van der Waals surface area contributed by atoms with Crippen molar-refractivity contribution in [3.8, 4) is 22.3 Å². The summed E-state index contributed by atoms with van der Waals surface area (Å²) in [6.45, 7) is 19.4. The number of aliphatic carboxylic acids is 1. The predicted molar refractivity (Wildman–Crippen MR) is 314 cm³/mol. The van der Waals surface area contributed by atoms with Gasteiger partial charge in [-0.3, -0.25) is 19.4 Å². The molecule has 0 bridgehead atoms. The fourth-order valence-electron chi connectivity index (χ4n) is 11.0. The van der Waals surface area contributed by atoms with E-state index in [2.05, 4.69) is 169 Å². The molecule has 4 aliphatic rings. The number of Topliss-reactive ketones (excluding diaryl/α,β-unsaturated/α-hetero) is 1. The first kappa shape index (κ1) is 58.8. The zero-order valence-corrected chi connectivity index (χ0v) is 48.6. The number of nitrogens with zero attached hydrogens (tertiary/aromatic N) is 2.